The number of fused-ring (bicyclic) bond motifs is 1. The first-order valence-corrected chi connectivity index (χ1v) is 10.4. The summed E-state index contributed by atoms with van der Waals surface area (Å²) >= 11 is 12.8. The van der Waals surface area contributed by atoms with E-state index in [1.165, 1.54) is 5.56 Å². The van der Waals surface area contributed by atoms with Gasteiger partial charge in [-0.2, -0.15) is 0 Å². The number of carbonyl (C=O) groups is 1. The van der Waals surface area contributed by atoms with Crippen LogP contribution in [0.3, 0.4) is 0 Å². The fourth-order valence-electron chi connectivity index (χ4n) is 2.96. The number of hydrogen-bond donors (Lipinski definition) is 2. The molecule has 3 aromatic rings. The number of ether oxygens (including phenoxy) is 1. The molecule has 0 aliphatic heterocycles. The van der Waals surface area contributed by atoms with Gasteiger partial charge in [-0.15, -0.1) is 0 Å². The minimum absolute atomic E-state index is 0.0147. The zero-order valence-corrected chi connectivity index (χ0v) is 18.6. The summed E-state index contributed by atoms with van der Waals surface area (Å²) in [5.74, 6) is 0.379. The van der Waals surface area contributed by atoms with Crippen LogP contribution in [0.1, 0.15) is 45.6 Å². The van der Waals surface area contributed by atoms with Crippen LogP contribution in [0.2, 0.25) is 10.0 Å². The lowest BCUT2D eigenvalue weighted by atomic mass is 9.87. The van der Waals surface area contributed by atoms with E-state index in [9.17, 15) is 4.79 Å². The molecule has 1 heterocycles. The number of oxazole rings is 1. The number of nitrogens with zero attached hydrogens (tertiary/aromatic N) is 1. The van der Waals surface area contributed by atoms with E-state index in [1.54, 1.807) is 17.6 Å². The fraction of sp³-hybridized carbons (Fsp3) is 0.364. The quantitative estimate of drug-likeness (QED) is 0.256. The van der Waals surface area contributed by atoms with Crippen molar-refractivity contribution >= 4 is 40.2 Å². The van der Waals surface area contributed by atoms with Gasteiger partial charge in [0.15, 0.2) is 11.3 Å². The Balaban J connectivity index is 1.75. The second kappa shape index (κ2) is 9.25. The average molecular weight is 451 g/mol. The second-order valence-electron chi connectivity index (χ2n) is 8.06. The summed E-state index contributed by atoms with van der Waals surface area (Å²) in [6.45, 7) is 6.79. The molecule has 1 aromatic heterocycles. The lowest BCUT2D eigenvalue weighted by molar-refractivity contribution is -0.129. The van der Waals surface area contributed by atoms with Crippen molar-refractivity contribution in [3.8, 4) is 17.2 Å². The SMILES string of the molecule is CC(C)(C)c1ccc2oc(-c3cc(Cl)c(OCCCCC(=O)NO)c(Cl)c3)nc2c1. The lowest BCUT2D eigenvalue weighted by Gasteiger charge is -2.18. The van der Waals surface area contributed by atoms with Crippen LogP contribution in [0, 0.1) is 0 Å². The van der Waals surface area contributed by atoms with E-state index in [0.29, 0.717) is 52.3 Å². The summed E-state index contributed by atoms with van der Waals surface area (Å²) in [6.07, 6.45) is 1.40. The fourth-order valence-corrected chi connectivity index (χ4v) is 3.55. The van der Waals surface area contributed by atoms with E-state index >= 15 is 0 Å². The maximum atomic E-state index is 11.0. The van der Waals surface area contributed by atoms with Crippen LogP contribution in [0.25, 0.3) is 22.6 Å². The Hall–Kier alpha value is -2.28. The molecule has 160 valence electrons. The molecule has 0 fully saturated rings. The van der Waals surface area contributed by atoms with Gasteiger partial charge in [0.25, 0.3) is 0 Å². The standard InChI is InChI=1S/C22H24Cl2N2O4/c1-22(2,3)14-7-8-18-17(12-14)25-21(30-18)13-10-15(23)20(16(24)11-13)29-9-5-4-6-19(27)26-28/h7-8,10-12,28H,4-6,9H2,1-3H3,(H,26,27). The number of hydrogen-bond acceptors (Lipinski definition) is 5. The highest BCUT2D eigenvalue weighted by Crippen LogP contribution is 2.38. The van der Waals surface area contributed by atoms with Gasteiger partial charge in [0, 0.05) is 12.0 Å². The topological polar surface area (TPSA) is 84.6 Å². The second-order valence-corrected chi connectivity index (χ2v) is 8.88. The first-order chi connectivity index (χ1) is 14.2. The van der Waals surface area contributed by atoms with Crippen LogP contribution in [-0.4, -0.2) is 22.7 Å². The summed E-state index contributed by atoms with van der Waals surface area (Å²) in [7, 11) is 0. The molecule has 30 heavy (non-hydrogen) atoms. The Bertz CT molecular complexity index is 1030. The van der Waals surface area contributed by atoms with Crippen molar-refractivity contribution in [2.45, 2.75) is 45.4 Å². The first-order valence-electron chi connectivity index (χ1n) is 9.65. The zero-order chi connectivity index (χ0) is 21.9. The molecular formula is C22H24Cl2N2O4. The van der Waals surface area contributed by atoms with Crippen molar-refractivity contribution in [2.75, 3.05) is 6.61 Å². The highest BCUT2D eigenvalue weighted by atomic mass is 35.5. The summed E-state index contributed by atoms with van der Waals surface area (Å²) in [6, 6.07) is 9.40. The van der Waals surface area contributed by atoms with Gasteiger partial charge < -0.3 is 9.15 Å². The summed E-state index contributed by atoms with van der Waals surface area (Å²) in [5.41, 5.74) is 4.91. The largest absolute Gasteiger partial charge is 0.490 e. The van der Waals surface area contributed by atoms with Crippen LogP contribution < -0.4 is 10.2 Å². The highest BCUT2D eigenvalue weighted by molar-refractivity contribution is 6.37. The lowest BCUT2D eigenvalue weighted by Crippen LogP contribution is -2.18. The monoisotopic (exact) mass is 450 g/mol. The third-order valence-electron chi connectivity index (χ3n) is 4.67. The molecule has 3 rings (SSSR count). The molecule has 0 saturated carbocycles. The Morgan fingerprint density at radius 2 is 1.87 bits per heavy atom. The zero-order valence-electron chi connectivity index (χ0n) is 17.1. The maximum absolute atomic E-state index is 11.0. The molecule has 0 atom stereocenters. The van der Waals surface area contributed by atoms with E-state index in [4.69, 9.17) is 37.6 Å². The third kappa shape index (κ3) is 5.25. The molecule has 0 spiro atoms. The molecule has 0 bridgehead atoms. The van der Waals surface area contributed by atoms with Crippen molar-refractivity contribution in [2.24, 2.45) is 0 Å². The minimum Gasteiger partial charge on any atom is -0.490 e. The minimum atomic E-state index is -0.427. The van der Waals surface area contributed by atoms with E-state index in [2.05, 4.69) is 25.8 Å². The summed E-state index contributed by atoms with van der Waals surface area (Å²) < 4.78 is 11.6. The van der Waals surface area contributed by atoms with E-state index in [-0.39, 0.29) is 11.8 Å². The number of aromatic nitrogens is 1. The number of benzene rings is 2. The van der Waals surface area contributed by atoms with Crippen LogP contribution >= 0.6 is 23.2 Å². The number of hydroxylamine groups is 1. The molecule has 2 N–H and O–H groups in total. The average Bonchev–Trinajstić information content (AvgIpc) is 3.11. The van der Waals surface area contributed by atoms with Gasteiger partial charge >= 0.3 is 0 Å². The van der Waals surface area contributed by atoms with Gasteiger partial charge in [0.2, 0.25) is 11.8 Å². The number of rotatable bonds is 7. The molecule has 2 aromatic carbocycles. The molecule has 6 nitrogen and oxygen atoms in total. The van der Waals surface area contributed by atoms with Gasteiger partial charge in [0.05, 0.1) is 16.7 Å². The number of amides is 1. The van der Waals surface area contributed by atoms with Crippen molar-refractivity contribution in [1.82, 2.24) is 10.5 Å². The van der Waals surface area contributed by atoms with Crippen LogP contribution in [0.4, 0.5) is 0 Å². The molecular weight excluding hydrogens is 427 g/mol. The Kier molecular flexibility index (Phi) is 6.91. The van der Waals surface area contributed by atoms with E-state index in [0.717, 1.165) is 5.52 Å². The summed E-state index contributed by atoms with van der Waals surface area (Å²) in [4.78, 5) is 15.6. The number of nitrogens with one attached hydrogen (secondary N) is 1. The Morgan fingerprint density at radius 3 is 2.50 bits per heavy atom. The van der Waals surface area contributed by atoms with Crippen molar-refractivity contribution in [3.05, 3.63) is 45.9 Å². The van der Waals surface area contributed by atoms with Gasteiger partial charge in [0.1, 0.15) is 5.52 Å². The number of unbranched alkanes of at least 4 members (excludes halogenated alkanes) is 1. The summed E-state index contributed by atoms with van der Waals surface area (Å²) in [5, 5.41) is 9.18. The molecule has 0 aliphatic rings. The maximum Gasteiger partial charge on any atom is 0.243 e. The molecule has 0 radical (unpaired) electrons. The predicted molar refractivity (Wildman–Crippen MR) is 117 cm³/mol. The van der Waals surface area contributed by atoms with Crippen LogP contribution in [0.15, 0.2) is 34.7 Å². The Labute approximate surface area is 185 Å². The first kappa shape index (κ1) is 22.4. The van der Waals surface area contributed by atoms with E-state index in [1.807, 2.05) is 18.2 Å². The molecule has 8 heteroatoms. The van der Waals surface area contributed by atoms with Gasteiger partial charge in [-0.25, -0.2) is 10.5 Å². The molecule has 0 aliphatic carbocycles. The van der Waals surface area contributed by atoms with Gasteiger partial charge in [-0.3, -0.25) is 10.0 Å². The molecule has 1 amide bonds. The van der Waals surface area contributed by atoms with E-state index < -0.39 is 5.91 Å². The third-order valence-corrected chi connectivity index (χ3v) is 5.23. The van der Waals surface area contributed by atoms with Crippen molar-refractivity contribution in [3.63, 3.8) is 0 Å². The smallest absolute Gasteiger partial charge is 0.243 e. The van der Waals surface area contributed by atoms with Gasteiger partial charge in [-0.1, -0.05) is 50.0 Å². The van der Waals surface area contributed by atoms with Crippen LogP contribution in [-0.2, 0) is 10.2 Å². The highest BCUT2D eigenvalue weighted by Gasteiger charge is 2.18. The molecule has 0 unspecified atom stereocenters. The molecule has 0 saturated heterocycles. The number of carbonyl (C=O) groups excluding carboxylic acids is 1. The number of halogens is 2. The predicted octanol–water partition coefficient (Wildman–Crippen LogP) is 6.15. The van der Waals surface area contributed by atoms with Crippen LogP contribution in [0.5, 0.6) is 5.75 Å². The van der Waals surface area contributed by atoms with Crippen molar-refractivity contribution < 1.29 is 19.2 Å². The van der Waals surface area contributed by atoms with Crippen molar-refractivity contribution in [1.29, 1.82) is 0 Å². The van der Waals surface area contributed by atoms with Gasteiger partial charge in [-0.05, 0) is 48.1 Å². The Morgan fingerprint density at radius 1 is 1.17 bits per heavy atom. The normalized spacial score (nSPS) is 11.7.